The van der Waals surface area contributed by atoms with Gasteiger partial charge in [0.2, 0.25) is 5.91 Å². The van der Waals surface area contributed by atoms with E-state index in [4.69, 9.17) is 5.73 Å². The molecule has 0 saturated heterocycles. The number of halogens is 3. The highest BCUT2D eigenvalue weighted by Gasteiger charge is 2.45. The molecule has 1 aliphatic carbocycles. The molecule has 0 aliphatic heterocycles. The van der Waals surface area contributed by atoms with Crippen molar-refractivity contribution < 1.29 is 18.0 Å². The fraction of sp³-hybridized carbons (Fsp3) is 0.909. The van der Waals surface area contributed by atoms with E-state index in [1.807, 2.05) is 0 Å². The Bertz CT molecular complexity index is 266. The molecule has 0 aromatic rings. The number of alkyl halides is 3. The Labute approximate surface area is 98.9 Å². The van der Waals surface area contributed by atoms with Gasteiger partial charge in [0.1, 0.15) is 0 Å². The summed E-state index contributed by atoms with van der Waals surface area (Å²) in [7, 11) is 0. The van der Waals surface area contributed by atoms with Crippen molar-refractivity contribution in [3.63, 3.8) is 0 Å². The Balaban J connectivity index is 2.57. The second-order valence-corrected chi connectivity index (χ2v) is 4.79. The minimum atomic E-state index is -4.23. The Kier molecular flexibility index (Phi) is 4.80. The molecule has 1 amide bonds. The highest BCUT2D eigenvalue weighted by atomic mass is 19.4. The van der Waals surface area contributed by atoms with E-state index in [0.717, 1.165) is 6.42 Å². The molecule has 0 aromatic heterocycles. The first-order chi connectivity index (χ1) is 7.80. The Hall–Kier alpha value is -0.780. The monoisotopic (exact) mass is 252 g/mol. The lowest BCUT2D eigenvalue weighted by atomic mass is 9.84. The summed E-state index contributed by atoms with van der Waals surface area (Å²) in [5.74, 6) is -1.80. The van der Waals surface area contributed by atoms with E-state index in [2.05, 4.69) is 5.32 Å². The Morgan fingerprint density at radius 3 is 2.53 bits per heavy atom. The topological polar surface area (TPSA) is 55.1 Å². The molecule has 0 bridgehead atoms. The molecule has 100 valence electrons. The van der Waals surface area contributed by atoms with Gasteiger partial charge in [0.15, 0.2) is 0 Å². The summed E-state index contributed by atoms with van der Waals surface area (Å²) >= 11 is 0. The summed E-state index contributed by atoms with van der Waals surface area (Å²) < 4.78 is 38.2. The van der Waals surface area contributed by atoms with Crippen LogP contribution in [0.25, 0.3) is 0 Å². The number of nitrogens with two attached hydrogens (primary N) is 1. The summed E-state index contributed by atoms with van der Waals surface area (Å²) in [5, 5.41) is 2.47. The number of hydrogen-bond acceptors (Lipinski definition) is 2. The van der Waals surface area contributed by atoms with E-state index in [1.165, 1.54) is 0 Å². The van der Waals surface area contributed by atoms with Gasteiger partial charge in [-0.2, -0.15) is 13.2 Å². The third kappa shape index (κ3) is 4.53. The molecule has 1 aliphatic rings. The third-order valence-electron chi connectivity index (χ3n) is 3.04. The average molecular weight is 252 g/mol. The fourth-order valence-corrected chi connectivity index (χ4v) is 2.25. The first kappa shape index (κ1) is 14.3. The fourth-order valence-electron chi connectivity index (χ4n) is 2.25. The minimum absolute atomic E-state index is 0.0705. The van der Waals surface area contributed by atoms with Gasteiger partial charge in [-0.3, -0.25) is 4.79 Å². The number of carbonyl (C=O) groups is 1. The molecule has 17 heavy (non-hydrogen) atoms. The van der Waals surface area contributed by atoms with E-state index in [9.17, 15) is 18.0 Å². The smallest absolute Gasteiger partial charge is 0.353 e. The number of carbonyl (C=O) groups excluding carboxylic acids is 1. The largest absolute Gasteiger partial charge is 0.393 e. The van der Waals surface area contributed by atoms with Gasteiger partial charge < -0.3 is 11.1 Å². The average Bonchev–Trinajstić information content (AvgIpc) is 2.15. The maximum atomic E-state index is 12.7. The van der Waals surface area contributed by atoms with E-state index in [-0.39, 0.29) is 24.8 Å². The van der Waals surface area contributed by atoms with Crippen molar-refractivity contribution in [1.82, 2.24) is 5.32 Å². The molecule has 3 atom stereocenters. The molecule has 3 unspecified atom stereocenters. The van der Waals surface area contributed by atoms with Gasteiger partial charge in [-0.1, -0.05) is 12.8 Å². The van der Waals surface area contributed by atoms with E-state index >= 15 is 0 Å². The van der Waals surface area contributed by atoms with Crippen molar-refractivity contribution in [2.75, 3.05) is 0 Å². The summed E-state index contributed by atoms with van der Waals surface area (Å²) in [6, 6.07) is -1.11. The van der Waals surface area contributed by atoms with E-state index in [1.54, 1.807) is 6.92 Å². The lowest BCUT2D eigenvalue weighted by Crippen LogP contribution is -2.48. The van der Waals surface area contributed by atoms with Crippen LogP contribution in [0.4, 0.5) is 13.2 Å². The van der Waals surface area contributed by atoms with Gasteiger partial charge in [-0.25, -0.2) is 0 Å². The summed E-state index contributed by atoms with van der Waals surface area (Å²) in [6.07, 6.45) is -2.35. The molecule has 1 fully saturated rings. The second-order valence-electron chi connectivity index (χ2n) is 4.79. The van der Waals surface area contributed by atoms with Gasteiger partial charge in [0, 0.05) is 18.5 Å². The van der Waals surface area contributed by atoms with Crippen LogP contribution in [0.1, 0.15) is 39.0 Å². The minimum Gasteiger partial charge on any atom is -0.353 e. The van der Waals surface area contributed by atoms with Crippen molar-refractivity contribution in [3.8, 4) is 0 Å². The van der Waals surface area contributed by atoms with E-state index < -0.39 is 18.1 Å². The standard InChI is InChI=1S/C11H19F3N2O/c1-7(15)6-10(17)16-9-5-3-2-4-8(9)11(12,13)14/h7-9H,2-6,15H2,1H3,(H,16,17). The van der Waals surface area contributed by atoms with Crippen LogP contribution in [-0.4, -0.2) is 24.2 Å². The van der Waals surface area contributed by atoms with Crippen molar-refractivity contribution in [2.24, 2.45) is 11.7 Å². The first-order valence-corrected chi connectivity index (χ1v) is 5.92. The van der Waals surface area contributed by atoms with Crippen molar-refractivity contribution in [3.05, 3.63) is 0 Å². The maximum absolute atomic E-state index is 12.7. The third-order valence-corrected chi connectivity index (χ3v) is 3.04. The molecule has 0 aromatic carbocycles. The van der Waals surface area contributed by atoms with Crippen LogP contribution in [0.5, 0.6) is 0 Å². The maximum Gasteiger partial charge on any atom is 0.393 e. The molecule has 0 spiro atoms. The van der Waals surface area contributed by atoms with Crippen LogP contribution in [0.2, 0.25) is 0 Å². The molecule has 1 rings (SSSR count). The van der Waals surface area contributed by atoms with Crippen molar-refractivity contribution >= 4 is 5.91 Å². The number of nitrogens with one attached hydrogen (secondary N) is 1. The molecule has 3 N–H and O–H groups in total. The number of amides is 1. The zero-order valence-corrected chi connectivity index (χ0v) is 9.89. The van der Waals surface area contributed by atoms with Gasteiger partial charge in [0.05, 0.1) is 5.92 Å². The van der Waals surface area contributed by atoms with Crippen LogP contribution in [0, 0.1) is 5.92 Å². The second kappa shape index (κ2) is 5.71. The quantitative estimate of drug-likeness (QED) is 0.806. The SMILES string of the molecule is CC(N)CC(=O)NC1CCCCC1C(F)(F)F. The van der Waals surface area contributed by atoms with Gasteiger partial charge in [-0.15, -0.1) is 0 Å². The summed E-state index contributed by atoms with van der Waals surface area (Å²) in [5.41, 5.74) is 5.44. The Morgan fingerprint density at radius 2 is 2.00 bits per heavy atom. The zero-order valence-electron chi connectivity index (χ0n) is 9.89. The molecule has 3 nitrogen and oxygen atoms in total. The van der Waals surface area contributed by atoms with Crippen molar-refractivity contribution in [2.45, 2.75) is 57.3 Å². The molecule has 0 radical (unpaired) electrons. The predicted octanol–water partition coefficient (Wildman–Crippen LogP) is 1.96. The number of hydrogen-bond donors (Lipinski definition) is 2. The molecule has 0 heterocycles. The lowest BCUT2D eigenvalue weighted by Gasteiger charge is -2.33. The molecular formula is C11H19F3N2O. The molecular weight excluding hydrogens is 233 g/mol. The summed E-state index contributed by atoms with van der Waals surface area (Å²) in [4.78, 5) is 11.4. The van der Waals surface area contributed by atoms with Crippen LogP contribution in [0.3, 0.4) is 0 Å². The lowest BCUT2D eigenvalue weighted by molar-refractivity contribution is -0.189. The molecule has 6 heteroatoms. The highest BCUT2D eigenvalue weighted by molar-refractivity contribution is 5.76. The van der Waals surface area contributed by atoms with Crippen LogP contribution in [0.15, 0.2) is 0 Å². The highest BCUT2D eigenvalue weighted by Crippen LogP contribution is 2.37. The van der Waals surface area contributed by atoms with Crippen LogP contribution >= 0.6 is 0 Å². The van der Waals surface area contributed by atoms with Gasteiger partial charge >= 0.3 is 6.18 Å². The normalized spacial score (nSPS) is 27.6. The Morgan fingerprint density at radius 1 is 1.41 bits per heavy atom. The zero-order chi connectivity index (χ0) is 13.1. The van der Waals surface area contributed by atoms with Crippen LogP contribution in [-0.2, 0) is 4.79 Å². The van der Waals surface area contributed by atoms with Crippen LogP contribution < -0.4 is 11.1 Å². The summed E-state index contributed by atoms with van der Waals surface area (Å²) in [6.45, 7) is 1.65. The number of rotatable bonds is 3. The van der Waals surface area contributed by atoms with Gasteiger partial charge in [-0.05, 0) is 19.8 Å². The van der Waals surface area contributed by atoms with E-state index in [0.29, 0.717) is 12.8 Å². The molecule has 1 saturated carbocycles. The van der Waals surface area contributed by atoms with Gasteiger partial charge in [0.25, 0.3) is 0 Å². The predicted molar refractivity (Wildman–Crippen MR) is 58.2 cm³/mol. The van der Waals surface area contributed by atoms with Crippen molar-refractivity contribution in [1.29, 1.82) is 0 Å². The first-order valence-electron chi connectivity index (χ1n) is 5.92.